The van der Waals surface area contributed by atoms with Gasteiger partial charge < -0.3 is 5.73 Å². The maximum atomic E-state index is 6.01. The summed E-state index contributed by atoms with van der Waals surface area (Å²) in [4.78, 5) is 4.11. The van der Waals surface area contributed by atoms with Gasteiger partial charge in [-0.15, -0.1) is 0 Å². The fourth-order valence-corrected chi connectivity index (χ4v) is 2.02. The van der Waals surface area contributed by atoms with Crippen LogP contribution in [0.3, 0.4) is 0 Å². The molecule has 0 aliphatic rings. The summed E-state index contributed by atoms with van der Waals surface area (Å²) in [5.41, 5.74) is 7.07. The Labute approximate surface area is 103 Å². The Bertz CT molecular complexity index is 452. The highest BCUT2D eigenvalue weighted by molar-refractivity contribution is 9.10. The van der Waals surface area contributed by atoms with Crippen molar-refractivity contribution in [2.75, 3.05) is 0 Å². The average Bonchev–Trinajstić information content (AvgIpc) is 2.66. The fraction of sp³-hybridized carbons (Fsp3) is 0.273. The first-order valence-corrected chi connectivity index (χ1v) is 5.83. The molecule has 4 nitrogen and oxygen atoms in total. The Morgan fingerprint density at radius 2 is 2.25 bits per heavy atom. The SMILES string of the molecule is CC(N)C(c1cccnc1)n1cc(Br)cn1. The van der Waals surface area contributed by atoms with E-state index in [1.54, 1.807) is 12.4 Å². The van der Waals surface area contributed by atoms with E-state index in [0.717, 1.165) is 10.0 Å². The Morgan fingerprint density at radius 3 is 2.75 bits per heavy atom. The molecule has 0 amide bonds. The van der Waals surface area contributed by atoms with Crippen molar-refractivity contribution in [3.8, 4) is 0 Å². The number of pyridine rings is 1. The van der Waals surface area contributed by atoms with Crippen LogP contribution in [0, 0.1) is 0 Å². The number of halogens is 1. The molecule has 5 heteroatoms. The van der Waals surface area contributed by atoms with E-state index in [9.17, 15) is 0 Å². The van der Waals surface area contributed by atoms with E-state index < -0.39 is 0 Å². The van der Waals surface area contributed by atoms with Crippen molar-refractivity contribution in [3.63, 3.8) is 0 Å². The minimum absolute atomic E-state index is 0.0139. The maximum absolute atomic E-state index is 6.01. The van der Waals surface area contributed by atoms with Crippen molar-refractivity contribution in [3.05, 3.63) is 47.0 Å². The van der Waals surface area contributed by atoms with Gasteiger partial charge in [-0.1, -0.05) is 6.07 Å². The van der Waals surface area contributed by atoms with Crippen LogP contribution in [0.4, 0.5) is 0 Å². The Morgan fingerprint density at radius 1 is 1.44 bits per heavy atom. The van der Waals surface area contributed by atoms with Crippen LogP contribution in [0.2, 0.25) is 0 Å². The molecule has 2 aromatic heterocycles. The summed E-state index contributed by atoms with van der Waals surface area (Å²) in [6.07, 6.45) is 7.25. The van der Waals surface area contributed by atoms with Crippen LogP contribution in [0.5, 0.6) is 0 Å². The van der Waals surface area contributed by atoms with Crippen LogP contribution in [0.25, 0.3) is 0 Å². The molecular weight excluding hydrogens is 268 g/mol. The van der Waals surface area contributed by atoms with E-state index in [1.165, 1.54) is 0 Å². The Balaban J connectivity index is 2.39. The van der Waals surface area contributed by atoms with Gasteiger partial charge in [0, 0.05) is 24.6 Å². The summed E-state index contributed by atoms with van der Waals surface area (Å²) in [6, 6.07) is 3.90. The zero-order valence-electron chi connectivity index (χ0n) is 8.92. The second-order valence-corrected chi connectivity index (χ2v) is 4.64. The van der Waals surface area contributed by atoms with Crippen LogP contribution in [-0.4, -0.2) is 20.8 Å². The zero-order chi connectivity index (χ0) is 11.5. The lowest BCUT2D eigenvalue weighted by Crippen LogP contribution is -2.30. The fourth-order valence-electron chi connectivity index (χ4n) is 1.72. The molecule has 0 radical (unpaired) electrons. The molecular formula is C11H13BrN4. The van der Waals surface area contributed by atoms with E-state index in [1.807, 2.05) is 36.1 Å². The largest absolute Gasteiger partial charge is 0.326 e. The first-order valence-electron chi connectivity index (χ1n) is 5.03. The topological polar surface area (TPSA) is 56.7 Å². The molecule has 2 rings (SSSR count). The average molecular weight is 281 g/mol. The molecule has 2 unspecified atom stereocenters. The third-order valence-electron chi connectivity index (χ3n) is 2.38. The molecule has 0 fully saturated rings. The maximum Gasteiger partial charge on any atom is 0.0931 e. The normalized spacial score (nSPS) is 14.7. The summed E-state index contributed by atoms with van der Waals surface area (Å²) in [5.74, 6) is 0. The summed E-state index contributed by atoms with van der Waals surface area (Å²) in [6.45, 7) is 1.97. The number of nitrogens with zero attached hydrogens (tertiary/aromatic N) is 3. The van der Waals surface area contributed by atoms with Crippen molar-refractivity contribution < 1.29 is 0 Å². The second kappa shape index (κ2) is 4.76. The van der Waals surface area contributed by atoms with Crippen molar-refractivity contribution >= 4 is 15.9 Å². The number of rotatable bonds is 3. The van der Waals surface area contributed by atoms with E-state index in [-0.39, 0.29) is 12.1 Å². The van der Waals surface area contributed by atoms with Gasteiger partial charge >= 0.3 is 0 Å². The first-order chi connectivity index (χ1) is 7.68. The summed E-state index contributed by atoms with van der Waals surface area (Å²) in [7, 11) is 0. The minimum Gasteiger partial charge on any atom is -0.326 e. The van der Waals surface area contributed by atoms with Crippen molar-refractivity contribution in [2.24, 2.45) is 5.73 Å². The lowest BCUT2D eigenvalue weighted by molar-refractivity contribution is 0.453. The molecule has 0 aliphatic heterocycles. The molecule has 0 bridgehead atoms. The lowest BCUT2D eigenvalue weighted by atomic mass is 10.0. The quantitative estimate of drug-likeness (QED) is 0.935. The standard InChI is InChI=1S/C11H13BrN4/c1-8(13)11(9-3-2-4-14-5-9)16-7-10(12)6-15-16/h2-8,11H,13H2,1H3. The molecule has 0 spiro atoms. The van der Waals surface area contributed by atoms with Crippen molar-refractivity contribution in [1.82, 2.24) is 14.8 Å². The smallest absolute Gasteiger partial charge is 0.0931 e. The molecule has 0 aromatic carbocycles. The van der Waals surface area contributed by atoms with E-state index in [0.29, 0.717) is 0 Å². The molecule has 2 aromatic rings. The monoisotopic (exact) mass is 280 g/mol. The van der Waals surface area contributed by atoms with Crippen LogP contribution < -0.4 is 5.73 Å². The number of hydrogen-bond acceptors (Lipinski definition) is 3. The van der Waals surface area contributed by atoms with E-state index >= 15 is 0 Å². The molecule has 0 saturated heterocycles. The molecule has 2 N–H and O–H groups in total. The summed E-state index contributed by atoms with van der Waals surface area (Å²) < 4.78 is 2.80. The Kier molecular flexibility index (Phi) is 3.36. The van der Waals surface area contributed by atoms with Gasteiger partial charge in [0.05, 0.1) is 16.7 Å². The number of nitrogens with two attached hydrogens (primary N) is 1. The molecule has 2 atom stereocenters. The number of aromatic nitrogens is 3. The van der Waals surface area contributed by atoms with Crippen LogP contribution in [-0.2, 0) is 0 Å². The lowest BCUT2D eigenvalue weighted by Gasteiger charge is -2.21. The number of hydrogen-bond donors (Lipinski definition) is 1. The van der Waals surface area contributed by atoms with E-state index in [4.69, 9.17) is 5.73 Å². The van der Waals surface area contributed by atoms with Gasteiger partial charge in [-0.2, -0.15) is 5.10 Å². The zero-order valence-corrected chi connectivity index (χ0v) is 10.5. The van der Waals surface area contributed by atoms with Gasteiger partial charge in [-0.25, -0.2) is 0 Å². The van der Waals surface area contributed by atoms with Gasteiger partial charge in [-0.05, 0) is 34.5 Å². The predicted molar refractivity (Wildman–Crippen MR) is 66.0 cm³/mol. The third-order valence-corrected chi connectivity index (χ3v) is 2.79. The minimum atomic E-state index is -0.0315. The van der Waals surface area contributed by atoms with Crippen LogP contribution in [0.15, 0.2) is 41.4 Å². The highest BCUT2D eigenvalue weighted by Gasteiger charge is 2.19. The highest BCUT2D eigenvalue weighted by Crippen LogP contribution is 2.21. The van der Waals surface area contributed by atoms with Crippen LogP contribution in [0.1, 0.15) is 18.5 Å². The van der Waals surface area contributed by atoms with Gasteiger partial charge in [-0.3, -0.25) is 9.67 Å². The molecule has 0 aliphatic carbocycles. The van der Waals surface area contributed by atoms with Gasteiger partial charge in [0.15, 0.2) is 0 Å². The highest BCUT2D eigenvalue weighted by atomic mass is 79.9. The predicted octanol–water partition coefficient (Wildman–Crippen LogP) is 1.98. The van der Waals surface area contributed by atoms with Gasteiger partial charge in [0.1, 0.15) is 0 Å². The van der Waals surface area contributed by atoms with Crippen molar-refractivity contribution in [2.45, 2.75) is 19.0 Å². The molecule has 2 heterocycles. The molecule has 84 valence electrons. The Hall–Kier alpha value is -1.20. The van der Waals surface area contributed by atoms with Gasteiger partial charge in [0.25, 0.3) is 0 Å². The molecule has 0 saturated carbocycles. The van der Waals surface area contributed by atoms with Gasteiger partial charge in [0.2, 0.25) is 0 Å². The first kappa shape index (κ1) is 11.3. The molecule has 16 heavy (non-hydrogen) atoms. The third kappa shape index (κ3) is 2.31. The summed E-state index contributed by atoms with van der Waals surface area (Å²) >= 11 is 3.38. The van der Waals surface area contributed by atoms with Crippen molar-refractivity contribution in [1.29, 1.82) is 0 Å². The summed E-state index contributed by atoms with van der Waals surface area (Å²) in [5, 5.41) is 4.28. The van der Waals surface area contributed by atoms with Crippen LogP contribution >= 0.6 is 15.9 Å². The second-order valence-electron chi connectivity index (χ2n) is 3.73. The van der Waals surface area contributed by atoms with E-state index in [2.05, 4.69) is 26.0 Å².